The summed E-state index contributed by atoms with van der Waals surface area (Å²) in [6.45, 7) is 5.81. The van der Waals surface area contributed by atoms with Gasteiger partial charge in [0.25, 0.3) is 0 Å². The number of aromatic nitrogens is 2. The Morgan fingerprint density at radius 1 is 1.50 bits per heavy atom. The second kappa shape index (κ2) is 4.78. The third-order valence-electron chi connectivity index (χ3n) is 2.87. The Morgan fingerprint density at radius 3 is 2.81 bits per heavy atom. The van der Waals surface area contributed by atoms with Crippen molar-refractivity contribution in [2.24, 2.45) is 5.73 Å². The molecule has 1 aromatic rings. The van der Waals surface area contributed by atoms with Crippen LogP contribution in [0.2, 0.25) is 0 Å². The molecule has 4 heteroatoms. The normalized spacial score (nSPS) is 15.5. The van der Waals surface area contributed by atoms with E-state index >= 15 is 0 Å². The number of hydrogen-bond acceptors (Lipinski definition) is 4. The molecule has 0 saturated heterocycles. The van der Waals surface area contributed by atoms with Gasteiger partial charge in [-0.1, -0.05) is 13.8 Å². The lowest BCUT2D eigenvalue weighted by molar-refractivity contribution is 0.734. The first-order valence-corrected chi connectivity index (χ1v) is 6.02. The molecule has 1 aliphatic carbocycles. The molecule has 1 heterocycles. The molecule has 4 nitrogen and oxygen atoms in total. The maximum atomic E-state index is 5.63. The van der Waals surface area contributed by atoms with Crippen molar-refractivity contribution < 1.29 is 0 Å². The van der Waals surface area contributed by atoms with E-state index < -0.39 is 0 Å². The molecule has 1 aliphatic rings. The minimum atomic E-state index is 0.445. The highest BCUT2D eigenvalue weighted by Gasteiger charge is 2.30. The number of hydrogen-bond donors (Lipinski definition) is 1. The molecule has 0 bridgehead atoms. The molecule has 88 valence electrons. The fraction of sp³-hybridized carbons (Fsp3) is 0.667. The lowest BCUT2D eigenvalue weighted by Gasteiger charge is -2.22. The Balaban J connectivity index is 2.19. The topological polar surface area (TPSA) is 55.0 Å². The fourth-order valence-corrected chi connectivity index (χ4v) is 1.79. The van der Waals surface area contributed by atoms with Crippen LogP contribution in [0.25, 0.3) is 0 Å². The van der Waals surface area contributed by atoms with Crippen LogP contribution in [0.5, 0.6) is 0 Å². The summed E-state index contributed by atoms with van der Waals surface area (Å²) >= 11 is 0. The van der Waals surface area contributed by atoms with Crippen LogP contribution in [0, 0.1) is 0 Å². The van der Waals surface area contributed by atoms with Gasteiger partial charge in [0, 0.05) is 31.0 Å². The van der Waals surface area contributed by atoms with Gasteiger partial charge in [-0.2, -0.15) is 0 Å². The van der Waals surface area contributed by atoms with Crippen molar-refractivity contribution in [1.82, 2.24) is 9.97 Å². The Kier molecular flexibility index (Phi) is 3.39. The summed E-state index contributed by atoms with van der Waals surface area (Å²) in [5.74, 6) is 1.29. The Hall–Kier alpha value is -1.16. The third kappa shape index (κ3) is 2.50. The summed E-state index contributed by atoms with van der Waals surface area (Å²) in [5.41, 5.74) is 6.74. The summed E-state index contributed by atoms with van der Waals surface area (Å²) in [5, 5.41) is 0. The molecule has 0 atom stereocenters. The first-order chi connectivity index (χ1) is 7.72. The molecule has 2 N–H and O–H groups in total. The highest BCUT2D eigenvalue weighted by Crippen LogP contribution is 2.29. The van der Waals surface area contributed by atoms with Crippen molar-refractivity contribution in [3.05, 3.63) is 18.0 Å². The molecule has 0 aromatic carbocycles. The average molecular weight is 220 g/mol. The number of rotatable bonds is 5. The van der Waals surface area contributed by atoms with Crippen molar-refractivity contribution in [3.63, 3.8) is 0 Å². The van der Waals surface area contributed by atoms with Crippen molar-refractivity contribution >= 4 is 5.95 Å². The molecular weight excluding hydrogens is 200 g/mol. The second-order valence-electron chi connectivity index (χ2n) is 4.65. The molecule has 1 aromatic heterocycles. The molecule has 1 saturated carbocycles. The second-order valence-corrected chi connectivity index (χ2v) is 4.65. The van der Waals surface area contributed by atoms with Crippen LogP contribution < -0.4 is 10.6 Å². The molecular formula is C12H20N4. The van der Waals surface area contributed by atoms with Gasteiger partial charge in [0.1, 0.15) is 0 Å². The Morgan fingerprint density at radius 2 is 2.25 bits per heavy atom. The van der Waals surface area contributed by atoms with Gasteiger partial charge >= 0.3 is 0 Å². The van der Waals surface area contributed by atoms with Crippen molar-refractivity contribution in [2.45, 2.75) is 38.6 Å². The SMILES string of the molecule is CC(C)c1ccnc(N(CCN)C2CC2)n1. The van der Waals surface area contributed by atoms with Crippen LogP contribution in [-0.4, -0.2) is 29.1 Å². The van der Waals surface area contributed by atoms with Gasteiger partial charge in [0.05, 0.1) is 0 Å². The predicted octanol–water partition coefficient (Wildman–Crippen LogP) is 1.53. The van der Waals surface area contributed by atoms with E-state index in [9.17, 15) is 0 Å². The van der Waals surface area contributed by atoms with Crippen LogP contribution in [0.4, 0.5) is 5.95 Å². The highest BCUT2D eigenvalue weighted by molar-refractivity contribution is 5.34. The van der Waals surface area contributed by atoms with Gasteiger partial charge in [0.2, 0.25) is 5.95 Å². The van der Waals surface area contributed by atoms with E-state index in [-0.39, 0.29) is 0 Å². The summed E-state index contributed by atoms with van der Waals surface area (Å²) in [6, 6.07) is 2.60. The van der Waals surface area contributed by atoms with Crippen LogP contribution in [0.15, 0.2) is 12.3 Å². The Bertz CT molecular complexity index is 347. The summed E-state index contributed by atoms with van der Waals surface area (Å²) in [4.78, 5) is 11.2. The Labute approximate surface area is 96.9 Å². The molecule has 0 aliphatic heterocycles. The first-order valence-electron chi connectivity index (χ1n) is 6.02. The standard InChI is InChI=1S/C12H20N4/c1-9(2)11-5-7-14-12(15-11)16(8-6-13)10-3-4-10/h5,7,9-10H,3-4,6,8,13H2,1-2H3. The van der Waals surface area contributed by atoms with E-state index in [1.165, 1.54) is 12.8 Å². The lowest BCUT2D eigenvalue weighted by Crippen LogP contribution is -2.33. The van der Waals surface area contributed by atoms with Crippen molar-refractivity contribution in [3.8, 4) is 0 Å². The van der Waals surface area contributed by atoms with E-state index in [1.54, 1.807) is 0 Å². The maximum Gasteiger partial charge on any atom is 0.225 e. The molecule has 0 amide bonds. The van der Waals surface area contributed by atoms with Gasteiger partial charge in [-0.25, -0.2) is 9.97 Å². The fourth-order valence-electron chi connectivity index (χ4n) is 1.79. The first kappa shape index (κ1) is 11.3. The van der Waals surface area contributed by atoms with Gasteiger partial charge in [0.15, 0.2) is 0 Å². The van der Waals surface area contributed by atoms with Crippen LogP contribution >= 0.6 is 0 Å². The van der Waals surface area contributed by atoms with Crippen LogP contribution in [0.3, 0.4) is 0 Å². The molecule has 16 heavy (non-hydrogen) atoms. The summed E-state index contributed by atoms with van der Waals surface area (Å²) < 4.78 is 0. The minimum absolute atomic E-state index is 0.445. The summed E-state index contributed by atoms with van der Waals surface area (Å²) in [7, 11) is 0. The third-order valence-corrected chi connectivity index (χ3v) is 2.87. The summed E-state index contributed by atoms with van der Waals surface area (Å²) in [6.07, 6.45) is 4.34. The smallest absolute Gasteiger partial charge is 0.225 e. The zero-order valence-corrected chi connectivity index (χ0v) is 10.1. The molecule has 0 spiro atoms. The van der Waals surface area contributed by atoms with E-state index in [4.69, 9.17) is 5.73 Å². The average Bonchev–Trinajstić information content (AvgIpc) is 3.10. The van der Waals surface area contributed by atoms with Crippen molar-refractivity contribution in [1.29, 1.82) is 0 Å². The lowest BCUT2D eigenvalue weighted by atomic mass is 10.1. The molecule has 0 radical (unpaired) electrons. The largest absolute Gasteiger partial charge is 0.337 e. The molecule has 1 fully saturated rings. The predicted molar refractivity (Wildman–Crippen MR) is 65.5 cm³/mol. The minimum Gasteiger partial charge on any atom is -0.337 e. The highest BCUT2D eigenvalue weighted by atomic mass is 15.3. The zero-order chi connectivity index (χ0) is 11.5. The number of nitrogens with two attached hydrogens (primary N) is 1. The number of nitrogens with zero attached hydrogens (tertiary/aromatic N) is 3. The molecule has 2 rings (SSSR count). The van der Waals surface area contributed by atoms with Gasteiger partial charge < -0.3 is 10.6 Å². The maximum absolute atomic E-state index is 5.63. The van der Waals surface area contributed by atoms with E-state index in [1.807, 2.05) is 12.3 Å². The van der Waals surface area contributed by atoms with E-state index in [0.717, 1.165) is 18.2 Å². The van der Waals surface area contributed by atoms with Crippen LogP contribution in [0.1, 0.15) is 38.3 Å². The zero-order valence-electron chi connectivity index (χ0n) is 10.1. The van der Waals surface area contributed by atoms with Gasteiger partial charge in [-0.15, -0.1) is 0 Å². The van der Waals surface area contributed by atoms with Gasteiger partial charge in [-0.05, 0) is 24.8 Å². The monoisotopic (exact) mass is 220 g/mol. The van der Waals surface area contributed by atoms with Crippen LogP contribution in [-0.2, 0) is 0 Å². The quantitative estimate of drug-likeness (QED) is 0.817. The molecule has 0 unspecified atom stereocenters. The van der Waals surface area contributed by atoms with Crippen molar-refractivity contribution in [2.75, 3.05) is 18.0 Å². The van der Waals surface area contributed by atoms with Gasteiger partial charge in [-0.3, -0.25) is 0 Å². The van der Waals surface area contributed by atoms with E-state index in [0.29, 0.717) is 18.5 Å². The number of anilines is 1. The van der Waals surface area contributed by atoms with E-state index in [2.05, 4.69) is 28.7 Å².